The number of rotatable bonds is 1. The highest BCUT2D eigenvalue weighted by Crippen LogP contribution is 2.56. The Bertz CT molecular complexity index is 496. The van der Waals surface area contributed by atoms with Gasteiger partial charge < -0.3 is 10.2 Å². The SMILES string of the molecule is C[C@@H]1CC[C@H]2CC[C@](C)(O)[C@@H](c3ccccc3)[C@@H](C)[C@@]21O. The molecule has 2 N–H and O–H groups in total. The maximum Gasteiger partial charge on any atom is 0.0733 e. The molecule has 0 unspecified atom stereocenters. The first-order valence-corrected chi connectivity index (χ1v) is 8.37. The zero-order chi connectivity index (χ0) is 15.3. The highest BCUT2D eigenvalue weighted by Gasteiger charge is 2.57. The van der Waals surface area contributed by atoms with E-state index in [1.165, 1.54) is 0 Å². The average Bonchev–Trinajstić information content (AvgIpc) is 2.71. The fourth-order valence-electron chi connectivity index (χ4n) is 5.25. The Hall–Kier alpha value is -0.860. The van der Waals surface area contributed by atoms with E-state index in [2.05, 4.69) is 26.0 Å². The van der Waals surface area contributed by atoms with E-state index >= 15 is 0 Å². The van der Waals surface area contributed by atoms with E-state index in [4.69, 9.17) is 0 Å². The Morgan fingerprint density at radius 1 is 1.00 bits per heavy atom. The molecule has 2 aliphatic carbocycles. The molecule has 0 heterocycles. The van der Waals surface area contributed by atoms with Gasteiger partial charge in [0.15, 0.2) is 0 Å². The Balaban J connectivity index is 2.07. The fourth-order valence-corrected chi connectivity index (χ4v) is 5.25. The molecule has 0 bridgehead atoms. The van der Waals surface area contributed by atoms with Crippen LogP contribution >= 0.6 is 0 Å². The molecule has 2 saturated carbocycles. The molecule has 2 nitrogen and oxygen atoms in total. The first kappa shape index (κ1) is 15.1. The Morgan fingerprint density at radius 3 is 2.33 bits per heavy atom. The molecule has 0 spiro atoms. The van der Waals surface area contributed by atoms with Crippen molar-refractivity contribution in [1.82, 2.24) is 0 Å². The van der Waals surface area contributed by atoms with Crippen molar-refractivity contribution in [2.75, 3.05) is 0 Å². The Labute approximate surface area is 128 Å². The summed E-state index contributed by atoms with van der Waals surface area (Å²) in [7, 11) is 0. The minimum absolute atomic E-state index is 0.00532. The van der Waals surface area contributed by atoms with Crippen LogP contribution < -0.4 is 0 Å². The lowest BCUT2D eigenvalue weighted by Gasteiger charge is -2.44. The van der Waals surface area contributed by atoms with E-state index in [0.29, 0.717) is 11.8 Å². The van der Waals surface area contributed by atoms with Gasteiger partial charge in [0.2, 0.25) is 0 Å². The minimum Gasteiger partial charge on any atom is -0.390 e. The van der Waals surface area contributed by atoms with Crippen LogP contribution in [0.1, 0.15) is 57.9 Å². The van der Waals surface area contributed by atoms with Crippen LogP contribution in [-0.2, 0) is 0 Å². The maximum absolute atomic E-state index is 11.5. The van der Waals surface area contributed by atoms with E-state index in [1.807, 2.05) is 25.1 Å². The van der Waals surface area contributed by atoms with Crippen molar-refractivity contribution in [3.63, 3.8) is 0 Å². The summed E-state index contributed by atoms with van der Waals surface area (Å²) in [5.74, 6) is 0.717. The van der Waals surface area contributed by atoms with Crippen LogP contribution in [0.2, 0.25) is 0 Å². The highest BCUT2D eigenvalue weighted by atomic mass is 16.3. The third kappa shape index (κ3) is 2.24. The van der Waals surface area contributed by atoms with Gasteiger partial charge in [-0.25, -0.2) is 0 Å². The van der Waals surface area contributed by atoms with Crippen LogP contribution in [0, 0.1) is 17.8 Å². The van der Waals surface area contributed by atoms with Gasteiger partial charge in [-0.15, -0.1) is 0 Å². The topological polar surface area (TPSA) is 40.5 Å². The summed E-state index contributed by atoms with van der Waals surface area (Å²) < 4.78 is 0. The van der Waals surface area contributed by atoms with Crippen LogP contribution in [0.15, 0.2) is 30.3 Å². The van der Waals surface area contributed by atoms with Gasteiger partial charge in [0, 0.05) is 5.92 Å². The summed E-state index contributed by atoms with van der Waals surface area (Å²) in [6.07, 6.45) is 3.91. The van der Waals surface area contributed by atoms with Gasteiger partial charge in [0.05, 0.1) is 11.2 Å². The minimum atomic E-state index is -0.749. The zero-order valence-corrected chi connectivity index (χ0v) is 13.4. The number of fused-ring (bicyclic) bond motifs is 1. The number of benzene rings is 1. The van der Waals surface area contributed by atoms with Gasteiger partial charge in [-0.3, -0.25) is 0 Å². The smallest absolute Gasteiger partial charge is 0.0733 e. The number of hydrogen-bond acceptors (Lipinski definition) is 2. The van der Waals surface area contributed by atoms with E-state index in [0.717, 1.165) is 31.2 Å². The fraction of sp³-hybridized carbons (Fsp3) is 0.684. The summed E-state index contributed by atoms with van der Waals surface area (Å²) >= 11 is 0. The van der Waals surface area contributed by atoms with Crippen LogP contribution in [0.4, 0.5) is 0 Å². The molecule has 21 heavy (non-hydrogen) atoms. The molecule has 0 aliphatic heterocycles. The molecule has 2 heteroatoms. The van der Waals surface area contributed by atoms with Crippen molar-refractivity contribution in [1.29, 1.82) is 0 Å². The molecule has 0 radical (unpaired) electrons. The molecule has 1 aromatic rings. The van der Waals surface area contributed by atoms with Crippen molar-refractivity contribution in [2.24, 2.45) is 17.8 Å². The number of aliphatic hydroxyl groups is 2. The summed E-state index contributed by atoms with van der Waals surface area (Å²) in [6.45, 7) is 6.28. The standard InChI is InChI=1S/C19H28O2/c1-13-9-10-16-11-12-18(3,20)17(14(2)19(13,16)21)15-7-5-4-6-8-15/h4-8,13-14,16-17,20-21H,9-12H2,1-3H3/t13-,14-,16+,17-,18+,19-/m1/s1. The zero-order valence-electron chi connectivity index (χ0n) is 13.4. The lowest BCUT2D eigenvalue weighted by Crippen LogP contribution is -2.48. The largest absolute Gasteiger partial charge is 0.390 e. The normalized spacial score (nSPS) is 46.9. The van der Waals surface area contributed by atoms with Crippen molar-refractivity contribution in [3.8, 4) is 0 Å². The van der Waals surface area contributed by atoms with E-state index in [-0.39, 0.29) is 11.8 Å². The molecule has 3 rings (SSSR count). The molecule has 0 amide bonds. The van der Waals surface area contributed by atoms with E-state index in [1.54, 1.807) is 0 Å². The van der Waals surface area contributed by atoms with Crippen molar-refractivity contribution >= 4 is 0 Å². The second kappa shape index (κ2) is 5.10. The predicted molar refractivity (Wildman–Crippen MR) is 85.0 cm³/mol. The predicted octanol–water partition coefficient (Wildman–Crippen LogP) is 3.73. The third-order valence-electron chi connectivity index (χ3n) is 6.45. The van der Waals surface area contributed by atoms with Crippen molar-refractivity contribution < 1.29 is 10.2 Å². The Morgan fingerprint density at radius 2 is 1.67 bits per heavy atom. The maximum atomic E-state index is 11.5. The second-order valence-corrected chi connectivity index (χ2v) is 7.64. The molecule has 116 valence electrons. The first-order valence-electron chi connectivity index (χ1n) is 8.37. The highest BCUT2D eigenvalue weighted by molar-refractivity contribution is 5.26. The molecular weight excluding hydrogens is 260 g/mol. The van der Waals surface area contributed by atoms with Crippen molar-refractivity contribution in [3.05, 3.63) is 35.9 Å². The summed E-state index contributed by atoms with van der Waals surface area (Å²) in [5, 5.41) is 22.6. The van der Waals surface area contributed by atoms with Crippen LogP contribution in [0.3, 0.4) is 0 Å². The van der Waals surface area contributed by atoms with Crippen LogP contribution in [0.5, 0.6) is 0 Å². The molecule has 2 aliphatic rings. The quantitative estimate of drug-likeness (QED) is 0.826. The lowest BCUT2D eigenvalue weighted by atomic mass is 9.66. The molecule has 2 fully saturated rings. The average molecular weight is 288 g/mol. The van der Waals surface area contributed by atoms with Crippen LogP contribution in [-0.4, -0.2) is 21.4 Å². The van der Waals surface area contributed by atoms with Gasteiger partial charge >= 0.3 is 0 Å². The molecule has 1 aromatic carbocycles. The first-order chi connectivity index (χ1) is 9.87. The summed E-state index contributed by atoms with van der Waals surface area (Å²) in [6, 6.07) is 10.3. The summed E-state index contributed by atoms with van der Waals surface area (Å²) in [4.78, 5) is 0. The van der Waals surface area contributed by atoms with Gasteiger partial charge in [-0.1, -0.05) is 44.2 Å². The van der Waals surface area contributed by atoms with Crippen molar-refractivity contribution in [2.45, 2.75) is 63.6 Å². The van der Waals surface area contributed by atoms with Gasteiger partial charge in [-0.2, -0.15) is 0 Å². The lowest BCUT2D eigenvalue weighted by molar-refractivity contribution is -0.0935. The molecule has 6 atom stereocenters. The van der Waals surface area contributed by atoms with E-state index < -0.39 is 11.2 Å². The summed E-state index contributed by atoms with van der Waals surface area (Å²) in [5.41, 5.74) is -0.232. The third-order valence-corrected chi connectivity index (χ3v) is 6.45. The number of hydrogen-bond donors (Lipinski definition) is 2. The van der Waals surface area contributed by atoms with E-state index in [9.17, 15) is 10.2 Å². The van der Waals surface area contributed by atoms with Crippen LogP contribution in [0.25, 0.3) is 0 Å². The Kier molecular flexibility index (Phi) is 3.66. The van der Waals surface area contributed by atoms with Gasteiger partial charge in [0.25, 0.3) is 0 Å². The molecular formula is C19H28O2. The molecule has 0 saturated heterocycles. The second-order valence-electron chi connectivity index (χ2n) is 7.64. The monoisotopic (exact) mass is 288 g/mol. The van der Waals surface area contributed by atoms with Gasteiger partial charge in [-0.05, 0) is 55.9 Å². The van der Waals surface area contributed by atoms with Gasteiger partial charge in [0.1, 0.15) is 0 Å². The molecule has 0 aromatic heterocycles.